The monoisotopic (exact) mass is 264 g/mol. The summed E-state index contributed by atoms with van der Waals surface area (Å²) in [5.74, 6) is -0.854. The summed E-state index contributed by atoms with van der Waals surface area (Å²) in [6, 6.07) is 7.60. The van der Waals surface area contributed by atoms with Crippen molar-refractivity contribution in [2.45, 2.75) is 12.8 Å². The first-order chi connectivity index (χ1) is 8.16. The minimum Gasteiger partial charge on any atom is -0.477 e. The number of thiophene rings is 1. The lowest BCUT2D eigenvalue weighted by molar-refractivity contribution is 0.0702. The molecule has 0 aliphatic heterocycles. The second-order valence-corrected chi connectivity index (χ2v) is 5.50. The third kappa shape index (κ3) is 1.66. The van der Waals surface area contributed by atoms with E-state index in [0.29, 0.717) is 4.88 Å². The molecule has 1 aliphatic carbocycles. The van der Waals surface area contributed by atoms with Crippen molar-refractivity contribution < 1.29 is 9.90 Å². The summed E-state index contributed by atoms with van der Waals surface area (Å²) in [5, 5.41) is 9.80. The van der Waals surface area contributed by atoms with E-state index in [4.69, 9.17) is 16.7 Å². The molecule has 1 aromatic heterocycles. The third-order valence-corrected chi connectivity index (χ3v) is 4.58. The van der Waals surface area contributed by atoms with Gasteiger partial charge in [0.25, 0.3) is 0 Å². The van der Waals surface area contributed by atoms with Gasteiger partial charge in [-0.1, -0.05) is 23.7 Å². The van der Waals surface area contributed by atoms with Crippen molar-refractivity contribution in [3.63, 3.8) is 0 Å². The molecule has 0 amide bonds. The lowest BCUT2D eigenvalue weighted by Gasteiger charge is -2.16. The molecule has 1 N–H and O–H groups in total. The highest BCUT2D eigenvalue weighted by Crippen LogP contribution is 2.41. The van der Waals surface area contributed by atoms with Crippen LogP contribution in [0.1, 0.15) is 20.8 Å². The Labute approximate surface area is 107 Å². The van der Waals surface area contributed by atoms with Gasteiger partial charge in [0.15, 0.2) is 0 Å². The Hall–Kier alpha value is -1.32. The smallest absolute Gasteiger partial charge is 0.345 e. The van der Waals surface area contributed by atoms with Gasteiger partial charge >= 0.3 is 5.97 Å². The highest BCUT2D eigenvalue weighted by molar-refractivity contribution is 7.17. The van der Waals surface area contributed by atoms with E-state index < -0.39 is 5.97 Å². The molecule has 2 aromatic rings. The third-order valence-electron chi connectivity index (χ3n) is 3.03. The summed E-state index contributed by atoms with van der Waals surface area (Å²) in [6.07, 6.45) is 1.76. The molecule has 0 saturated carbocycles. The molecule has 0 spiro atoms. The zero-order valence-corrected chi connectivity index (χ0v) is 10.4. The number of carboxylic acids is 1. The van der Waals surface area contributed by atoms with Crippen LogP contribution in [0.25, 0.3) is 10.4 Å². The molecule has 86 valence electrons. The topological polar surface area (TPSA) is 37.3 Å². The van der Waals surface area contributed by atoms with Crippen LogP contribution in [-0.4, -0.2) is 11.1 Å². The van der Waals surface area contributed by atoms with Gasteiger partial charge in [0.2, 0.25) is 0 Å². The van der Waals surface area contributed by atoms with Gasteiger partial charge < -0.3 is 5.11 Å². The number of rotatable bonds is 1. The molecule has 1 aliphatic rings. The fourth-order valence-electron chi connectivity index (χ4n) is 2.23. The average Bonchev–Trinajstić information content (AvgIpc) is 2.73. The second-order valence-electron chi connectivity index (χ2n) is 4.04. The Kier molecular flexibility index (Phi) is 2.45. The van der Waals surface area contributed by atoms with Gasteiger partial charge in [0.1, 0.15) is 4.88 Å². The predicted molar refractivity (Wildman–Crippen MR) is 69.1 cm³/mol. The van der Waals surface area contributed by atoms with Crippen LogP contribution in [0.4, 0.5) is 0 Å². The van der Waals surface area contributed by atoms with Crippen molar-refractivity contribution in [1.82, 2.24) is 0 Å². The van der Waals surface area contributed by atoms with Crippen LogP contribution in [0.15, 0.2) is 24.3 Å². The minimum absolute atomic E-state index is 0.405. The van der Waals surface area contributed by atoms with Crippen LogP contribution in [-0.2, 0) is 12.8 Å². The molecular formula is C13H9ClO2S. The van der Waals surface area contributed by atoms with E-state index in [1.165, 1.54) is 11.3 Å². The number of aryl methyl sites for hydroxylation is 1. The van der Waals surface area contributed by atoms with Crippen molar-refractivity contribution in [3.8, 4) is 10.4 Å². The minimum atomic E-state index is -0.854. The maximum atomic E-state index is 11.0. The molecule has 0 radical (unpaired) electrons. The second kappa shape index (κ2) is 3.86. The molecular weight excluding hydrogens is 256 g/mol. The molecule has 4 heteroatoms. The first-order valence-corrected chi connectivity index (χ1v) is 6.50. The average molecular weight is 265 g/mol. The van der Waals surface area contributed by atoms with Crippen molar-refractivity contribution >= 4 is 28.9 Å². The van der Waals surface area contributed by atoms with Crippen LogP contribution >= 0.6 is 22.9 Å². The van der Waals surface area contributed by atoms with Crippen LogP contribution in [0, 0.1) is 0 Å². The molecule has 0 saturated heterocycles. The quantitative estimate of drug-likeness (QED) is 0.849. The number of hydrogen-bond donors (Lipinski definition) is 1. The van der Waals surface area contributed by atoms with E-state index in [0.717, 1.165) is 39.4 Å². The van der Waals surface area contributed by atoms with Gasteiger partial charge in [-0.2, -0.15) is 0 Å². The van der Waals surface area contributed by atoms with E-state index in [2.05, 4.69) is 0 Å². The Balaban J connectivity index is 2.22. The molecule has 0 fully saturated rings. The van der Waals surface area contributed by atoms with Crippen molar-refractivity contribution in [2.24, 2.45) is 0 Å². The normalized spacial score (nSPS) is 13.0. The van der Waals surface area contributed by atoms with Crippen LogP contribution in [0.3, 0.4) is 0 Å². The number of aromatic carboxylic acids is 1. The summed E-state index contributed by atoms with van der Waals surface area (Å²) in [4.78, 5) is 12.4. The van der Waals surface area contributed by atoms with Gasteiger partial charge in [-0.3, -0.25) is 0 Å². The van der Waals surface area contributed by atoms with Gasteiger partial charge in [-0.25, -0.2) is 4.79 Å². The van der Waals surface area contributed by atoms with Crippen LogP contribution < -0.4 is 0 Å². The zero-order chi connectivity index (χ0) is 12.0. The highest BCUT2D eigenvalue weighted by atomic mass is 35.5. The summed E-state index contributed by atoms with van der Waals surface area (Å²) >= 11 is 7.50. The van der Waals surface area contributed by atoms with Crippen molar-refractivity contribution in [3.05, 3.63) is 45.3 Å². The first-order valence-electron chi connectivity index (χ1n) is 5.30. The fourth-order valence-corrected chi connectivity index (χ4v) is 3.60. The zero-order valence-electron chi connectivity index (χ0n) is 8.87. The predicted octanol–water partition coefficient (Wildman–Crippen LogP) is 3.87. The molecule has 17 heavy (non-hydrogen) atoms. The van der Waals surface area contributed by atoms with Gasteiger partial charge in [0.05, 0.1) is 0 Å². The molecule has 0 unspecified atom stereocenters. The molecule has 0 bridgehead atoms. The van der Waals surface area contributed by atoms with Gasteiger partial charge in [-0.15, -0.1) is 11.3 Å². The maximum Gasteiger partial charge on any atom is 0.345 e. The Morgan fingerprint density at radius 2 is 2.18 bits per heavy atom. The molecule has 1 aromatic carbocycles. The number of hydrogen-bond acceptors (Lipinski definition) is 2. The first kappa shape index (κ1) is 10.8. The Morgan fingerprint density at radius 3 is 2.94 bits per heavy atom. The van der Waals surface area contributed by atoms with Gasteiger partial charge in [0, 0.05) is 9.90 Å². The summed E-state index contributed by atoms with van der Waals surface area (Å²) in [6.45, 7) is 0. The Morgan fingerprint density at radius 1 is 1.35 bits per heavy atom. The van der Waals surface area contributed by atoms with E-state index >= 15 is 0 Å². The van der Waals surface area contributed by atoms with Crippen molar-refractivity contribution in [2.75, 3.05) is 0 Å². The van der Waals surface area contributed by atoms with Crippen LogP contribution in [0.2, 0.25) is 5.02 Å². The highest BCUT2D eigenvalue weighted by Gasteiger charge is 2.22. The fraction of sp³-hybridized carbons (Fsp3) is 0.154. The number of fused-ring (bicyclic) bond motifs is 3. The van der Waals surface area contributed by atoms with E-state index in [-0.39, 0.29) is 0 Å². The van der Waals surface area contributed by atoms with Gasteiger partial charge in [-0.05, 0) is 41.7 Å². The summed E-state index contributed by atoms with van der Waals surface area (Å²) in [5.41, 5.74) is 3.36. The molecule has 2 nitrogen and oxygen atoms in total. The van der Waals surface area contributed by atoms with E-state index in [9.17, 15) is 4.79 Å². The van der Waals surface area contributed by atoms with Crippen molar-refractivity contribution in [1.29, 1.82) is 0 Å². The maximum absolute atomic E-state index is 11.0. The largest absolute Gasteiger partial charge is 0.477 e. The number of carbonyl (C=O) groups is 1. The lowest BCUT2D eigenvalue weighted by atomic mass is 9.91. The Bertz CT molecular complexity index is 616. The van der Waals surface area contributed by atoms with E-state index in [1.807, 2.05) is 18.2 Å². The molecule has 0 atom stereocenters. The van der Waals surface area contributed by atoms with Crippen LogP contribution in [0.5, 0.6) is 0 Å². The number of benzene rings is 1. The number of carboxylic acid groups (broad SMARTS) is 1. The van der Waals surface area contributed by atoms with E-state index in [1.54, 1.807) is 6.07 Å². The number of halogens is 1. The summed E-state index contributed by atoms with van der Waals surface area (Å²) in [7, 11) is 0. The standard InChI is InChI=1S/C13H9ClO2S/c14-10-3-1-2-9-8(10)5-4-7-6-11(13(15)16)17-12(7)9/h1-3,6H,4-5H2,(H,15,16). The SMILES string of the molecule is O=C(O)c1cc2c(s1)-c1cccc(Cl)c1CC2. The lowest BCUT2D eigenvalue weighted by Crippen LogP contribution is -2.01. The summed E-state index contributed by atoms with van der Waals surface area (Å²) < 4.78 is 0. The molecule has 1 heterocycles. The molecule has 3 rings (SSSR count).